The van der Waals surface area contributed by atoms with Crippen molar-refractivity contribution in [3.8, 4) is 0 Å². The van der Waals surface area contributed by atoms with E-state index in [1.165, 1.54) is 32.1 Å². The van der Waals surface area contributed by atoms with Crippen molar-refractivity contribution in [1.82, 2.24) is 9.97 Å². The summed E-state index contributed by atoms with van der Waals surface area (Å²) in [5.41, 5.74) is 1.03. The fraction of sp³-hybridized carbons (Fsp3) is 0.733. The molecule has 1 aromatic rings. The van der Waals surface area contributed by atoms with Crippen LogP contribution in [0.25, 0.3) is 0 Å². The fourth-order valence-electron chi connectivity index (χ4n) is 2.91. The molecule has 0 radical (unpaired) electrons. The van der Waals surface area contributed by atoms with E-state index >= 15 is 0 Å². The van der Waals surface area contributed by atoms with E-state index < -0.39 is 0 Å². The van der Waals surface area contributed by atoms with Crippen LogP contribution < -0.4 is 5.32 Å². The van der Waals surface area contributed by atoms with Crippen LogP contribution in [0.2, 0.25) is 0 Å². The minimum Gasteiger partial charge on any atom is -0.372 e. The Kier molecular flexibility index (Phi) is 6.01. The molecule has 1 aliphatic carbocycles. The average molecular weight is 389 g/mol. The van der Waals surface area contributed by atoms with Gasteiger partial charge in [0.1, 0.15) is 11.9 Å². The molecule has 5 heteroatoms. The van der Waals surface area contributed by atoms with E-state index in [0.29, 0.717) is 12.5 Å². The van der Waals surface area contributed by atoms with E-state index in [4.69, 9.17) is 14.7 Å². The van der Waals surface area contributed by atoms with Gasteiger partial charge in [-0.25, -0.2) is 9.97 Å². The number of hydrogen-bond donors (Lipinski definition) is 1. The van der Waals surface area contributed by atoms with Gasteiger partial charge in [0, 0.05) is 13.7 Å². The summed E-state index contributed by atoms with van der Waals surface area (Å²) in [6.07, 6.45) is 6.46. The number of rotatable bonds is 5. The van der Waals surface area contributed by atoms with E-state index in [1.54, 1.807) is 0 Å². The summed E-state index contributed by atoms with van der Waals surface area (Å²) >= 11 is 2.29. The standard InChI is InChI=1S/C15H24IN3O/c1-4-20-13(11-8-6-5-7-9-11)15-18-10(2)12(16)14(17-3)19-15/h11,13H,4-9H2,1-3H3,(H,17,18,19). The third kappa shape index (κ3) is 3.61. The number of nitrogens with one attached hydrogen (secondary N) is 1. The molecule has 1 unspecified atom stereocenters. The Morgan fingerprint density at radius 3 is 2.60 bits per heavy atom. The van der Waals surface area contributed by atoms with E-state index in [-0.39, 0.29) is 6.10 Å². The lowest BCUT2D eigenvalue weighted by molar-refractivity contribution is -0.000219. The minimum absolute atomic E-state index is 0.0445. The second kappa shape index (κ2) is 7.54. The molecule has 20 heavy (non-hydrogen) atoms. The van der Waals surface area contributed by atoms with Gasteiger partial charge in [-0.1, -0.05) is 19.3 Å². The molecule has 2 rings (SSSR count). The average Bonchev–Trinajstić information content (AvgIpc) is 2.48. The van der Waals surface area contributed by atoms with Gasteiger partial charge < -0.3 is 10.1 Å². The lowest BCUT2D eigenvalue weighted by atomic mass is 9.85. The summed E-state index contributed by atoms with van der Waals surface area (Å²) in [7, 11) is 1.91. The quantitative estimate of drug-likeness (QED) is 0.771. The normalized spacial score (nSPS) is 18.0. The maximum Gasteiger partial charge on any atom is 0.160 e. The number of hydrogen-bond acceptors (Lipinski definition) is 4. The van der Waals surface area contributed by atoms with Crippen LogP contribution in [0.5, 0.6) is 0 Å². The molecular weight excluding hydrogens is 365 g/mol. The number of aromatic nitrogens is 2. The van der Waals surface area contributed by atoms with Gasteiger partial charge in [0.2, 0.25) is 0 Å². The topological polar surface area (TPSA) is 47.0 Å². The number of halogens is 1. The van der Waals surface area contributed by atoms with E-state index in [2.05, 4.69) is 27.9 Å². The number of nitrogens with zero attached hydrogens (tertiary/aromatic N) is 2. The first-order valence-electron chi connectivity index (χ1n) is 7.50. The van der Waals surface area contributed by atoms with E-state index in [9.17, 15) is 0 Å². The highest BCUT2D eigenvalue weighted by atomic mass is 127. The molecule has 1 saturated carbocycles. The first-order chi connectivity index (χ1) is 9.67. The van der Waals surface area contributed by atoms with Crippen molar-refractivity contribution >= 4 is 28.4 Å². The summed E-state index contributed by atoms with van der Waals surface area (Å²) in [6, 6.07) is 0. The highest BCUT2D eigenvalue weighted by Gasteiger charge is 2.28. The smallest absolute Gasteiger partial charge is 0.160 e. The Hall–Kier alpha value is -0.430. The molecule has 1 N–H and O–H groups in total. The Morgan fingerprint density at radius 2 is 2.00 bits per heavy atom. The molecule has 1 aliphatic rings. The molecule has 0 spiro atoms. The zero-order chi connectivity index (χ0) is 14.5. The monoisotopic (exact) mass is 389 g/mol. The van der Waals surface area contributed by atoms with Gasteiger partial charge >= 0.3 is 0 Å². The number of aryl methyl sites for hydroxylation is 1. The highest BCUT2D eigenvalue weighted by molar-refractivity contribution is 14.1. The maximum atomic E-state index is 6.01. The van der Waals surface area contributed by atoms with Crippen LogP contribution in [0.1, 0.15) is 56.7 Å². The summed E-state index contributed by atoms with van der Waals surface area (Å²) in [5.74, 6) is 2.32. The Morgan fingerprint density at radius 1 is 1.30 bits per heavy atom. The third-order valence-corrected chi connectivity index (χ3v) is 5.24. The van der Waals surface area contributed by atoms with Crippen LogP contribution in [0.15, 0.2) is 0 Å². The van der Waals surface area contributed by atoms with Crippen molar-refractivity contribution in [2.24, 2.45) is 5.92 Å². The van der Waals surface area contributed by atoms with Crippen molar-refractivity contribution in [2.45, 2.75) is 52.1 Å². The van der Waals surface area contributed by atoms with Crippen LogP contribution >= 0.6 is 22.6 Å². The van der Waals surface area contributed by atoms with Gasteiger partial charge in [-0.2, -0.15) is 0 Å². The van der Waals surface area contributed by atoms with Crippen molar-refractivity contribution in [1.29, 1.82) is 0 Å². The number of ether oxygens (including phenoxy) is 1. The van der Waals surface area contributed by atoms with Crippen molar-refractivity contribution in [2.75, 3.05) is 19.0 Å². The summed E-state index contributed by atoms with van der Waals surface area (Å²) in [6.45, 7) is 4.80. The lowest BCUT2D eigenvalue weighted by Crippen LogP contribution is -2.22. The SMILES string of the molecule is CCOC(c1nc(C)c(I)c(NC)n1)C1CCCCC1. The van der Waals surface area contributed by atoms with Gasteiger partial charge in [0.05, 0.1) is 9.26 Å². The summed E-state index contributed by atoms with van der Waals surface area (Å²) < 4.78 is 7.10. The lowest BCUT2D eigenvalue weighted by Gasteiger charge is -2.29. The highest BCUT2D eigenvalue weighted by Crippen LogP contribution is 2.36. The molecule has 0 aliphatic heterocycles. The Bertz CT molecular complexity index is 447. The van der Waals surface area contributed by atoms with Crippen molar-refractivity contribution < 1.29 is 4.74 Å². The van der Waals surface area contributed by atoms with Crippen LogP contribution in [-0.2, 0) is 4.74 Å². The summed E-state index contributed by atoms with van der Waals surface area (Å²) in [5, 5.41) is 3.16. The van der Waals surface area contributed by atoms with E-state index in [0.717, 1.165) is 20.9 Å². The molecular formula is C15H24IN3O. The van der Waals surface area contributed by atoms with Crippen molar-refractivity contribution in [3.05, 3.63) is 15.1 Å². The molecule has 4 nitrogen and oxygen atoms in total. The molecule has 112 valence electrons. The molecule has 0 bridgehead atoms. The first kappa shape index (κ1) is 15.9. The molecule has 1 heterocycles. The Labute approximate surface area is 135 Å². The second-order valence-corrected chi connectivity index (χ2v) is 6.43. The van der Waals surface area contributed by atoms with E-state index in [1.807, 2.05) is 20.9 Å². The van der Waals surface area contributed by atoms with Gasteiger partial charge in [0.15, 0.2) is 5.82 Å². The van der Waals surface area contributed by atoms with Gasteiger partial charge in [0.25, 0.3) is 0 Å². The maximum absolute atomic E-state index is 6.01. The molecule has 1 fully saturated rings. The van der Waals surface area contributed by atoms with Crippen LogP contribution in [0.4, 0.5) is 5.82 Å². The zero-order valence-electron chi connectivity index (χ0n) is 12.6. The molecule has 1 aromatic heterocycles. The number of anilines is 1. The minimum atomic E-state index is 0.0445. The molecule has 0 saturated heterocycles. The predicted octanol–water partition coefficient (Wildman–Crippen LogP) is 4.09. The third-order valence-electron chi connectivity index (χ3n) is 3.95. The molecule has 0 aromatic carbocycles. The molecule has 0 amide bonds. The first-order valence-corrected chi connectivity index (χ1v) is 8.58. The van der Waals surface area contributed by atoms with Gasteiger partial charge in [-0.3, -0.25) is 0 Å². The largest absolute Gasteiger partial charge is 0.372 e. The van der Waals surface area contributed by atoms with Crippen LogP contribution in [0, 0.1) is 16.4 Å². The summed E-state index contributed by atoms with van der Waals surface area (Å²) in [4.78, 5) is 9.38. The van der Waals surface area contributed by atoms with Crippen LogP contribution in [-0.4, -0.2) is 23.6 Å². The molecule has 1 atom stereocenters. The van der Waals surface area contributed by atoms with Gasteiger partial charge in [-0.05, 0) is 55.2 Å². The van der Waals surface area contributed by atoms with Crippen molar-refractivity contribution in [3.63, 3.8) is 0 Å². The Balaban J connectivity index is 2.30. The predicted molar refractivity (Wildman–Crippen MR) is 90.0 cm³/mol. The second-order valence-electron chi connectivity index (χ2n) is 5.35. The van der Waals surface area contributed by atoms with Gasteiger partial charge in [-0.15, -0.1) is 0 Å². The van der Waals surface area contributed by atoms with Crippen LogP contribution in [0.3, 0.4) is 0 Å². The fourth-order valence-corrected chi connectivity index (χ4v) is 3.42. The zero-order valence-corrected chi connectivity index (χ0v) is 14.7.